The van der Waals surface area contributed by atoms with E-state index in [-0.39, 0.29) is 5.91 Å². The maximum Gasteiger partial charge on any atom is 0.248 e. The molecule has 3 rings (SSSR count). The molecule has 2 aromatic carbocycles. The van der Waals surface area contributed by atoms with Crippen LogP contribution in [0.5, 0.6) is 0 Å². The van der Waals surface area contributed by atoms with Gasteiger partial charge < -0.3 is 10.6 Å². The number of para-hydroxylation sites is 1. The molecule has 0 saturated carbocycles. The SMILES string of the molecule is O=C(C=Cc1ccccn1)Nc1ccc(Nc2ccccc2)cc1. The molecule has 0 fully saturated rings. The van der Waals surface area contributed by atoms with E-state index in [4.69, 9.17) is 0 Å². The highest BCUT2D eigenvalue weighted by atomic mass is 16.1. The minimum absolute atomic E-state index is 0.190. The Morgan fingerprint density at radius 1 is 0.792 bits per heavy atom. The molecule has 0 atom stereocenters. The minimum atomic E-state index is -0.190. The van der Waals surface area contributed by atoms with Gasteiger partial charge in [-0.1, -0.05) is 24.3 Å². The molecule has 0 bridgehead atoms. The fourth-order valence-electron chi connectivity index (χ4n) is 2.14. The highest BCUT2D eigenvalue weighted by Crippen LogP contribution is 2.18. The van der Waals surface area contributed by atoms with Crippen LogP contribution in [-0.4, -0.2) is 10.9 Å². The Morgan fingerprint density at radius 2 is 1.46 bits per heavy atom. The first-order valence-electron chi connectivity index (χ1n) is 7.62. The third kappa shape index (κ3) is 4.55. The summed E-state index contributed by atoms with van der Waals surface area (Å²) in [5.41, 5.74) is 3.47. The predicted octanol–water partition coefficient (Wildman–Crippen LogP) is 4.48. The number of carbonyl (C=O) groups excluding carboxylic acids is 1. The van der Waals surface area contributed by atoms with E-state index in [2.05, 4.69) is 15.6 Å². The summed E-state index contributed by atoms with van der Waals surface area (Å²) in [5, 5.41) is 6.12. The number of rotatable bonds is 5. The van der Waals surface area contributed by atoms with Gasteiger partial charge in [0.05, 0.1) is 5.69 Å². The van der Waals surface area contributed by atoms with Gasteiger partial charge in [-0.05, 0) is 54.6 Å². The van der Waals surface area contributed by atoms with E-state index in [1.54, 1.807) is 12.3 Å². The van der Waals surface area contributed by atoms with Crippen molar-refractivity contribution in [2.45, 2.75) is 0 Å². The van der Waals surface area contributed by atoms with Gasteiger partial charge in [0.2, 0.25) is 5.91 Å². The largest absolute Gasteiger partial charge is 0.356 e. The molecule has 1 heterocycles. The second-order valence-electron chi connectivity index (χ2n) is 5.15. The van der Waals surface area contributed by atoms with Crippen LogP contribution in [0, 0.1) is 0 Å². The number of anilines is 3. The smallest absolute Gasteiger partial charge is 0.248 e. The van der Waals surface area contributed by atoms with Crippen LogP contribution in [0.25, 0.3) is 6.08 Å². The van der Waals surface area contributed by atoms with Crippen molar-refractivity contribution in [1.82, 2.24) is 4.98 Å². The summed E-state index contributed by atoms with van der Waals surface area (Å²) in [6.45, 7) is 0. The number of carbonyl (C=O) groups is 1. The summed E-state index contributed by atoms with van der Waals surface area (Å²) in [6.07, 6.45) is 4.84. The predicted molar refractivity (Wildman–Crippen MR) is 98.1 cm³/mol. The van der Waals surface area contributed by atoms with Gasteiger partial charge in [-0.15, -0.1) is 0 Å². The van der Waals surface area contributed by atoms with Crippen LogP contribution < -0.4 is 10.6 Å². The van der Waals surface area contributed by atoms with E-state index >= 15 is 0 Å². The molecule has 0 saturated heterocycles. The maximum absolute atomic E-state index is 11.9. The molecule has 4 nitrogen and oxygen atoms in total. The monoisotopic (exact) mass is 315 g/mol. The first-order chi connectivity index (χ1) is 11.8. The molecule has 118 valence electrons. The van der Waals surface area contributed by atoms with Crippen LogP contribution in [0.2, 0.25) is 0 Å². The molecule has 0 aliphatic rings. The minimum Gasteiger partial charge on any atom is -0.356 e. The zero-order chi connectivity index (χ0) is 16.6. The molecule has 2 N–H and O–H groups in total. The van der Waals surface area contributed by atoms with Gasteiger partial charge in [-0.3, -0.25) is 9.78 Å². The number of hydrogen-bond acceptors (Lipinski definition) is 3. The van der Waals surface area contributed by atoms with E-state index in [0.29, 0.717) is 0 Å². The van der Waals surface area contributed by atoms with Crippen LogP contribution in [0.1, 0.15) is 5.69 Å². The van der Waals surface area contributed by atoms with Crippen molar-refractivity contribution >= 4 is 29.0 Å². The van der Waals surface area contributed by atoms with E-state index < -0.39 is 0 Å². The van der Waals surface area contributed by atoms with Crippen molar-refractivity contribution in [2.24, 2.45) is 0 Å². The Bertz CT molecular complexity index is 813. The molecule has 0 aliphatic heterocycles. The van der Waals surface area contributed by atoms with E-state index in [9.17, 15) is 4.79 Å². The molecule has 0 aliphatic carbocycles. The molecular formula is C20H17N3O. The fraction of sp³-hybridized carbons (Fsp3) is 0. The van der Waals surface area contributed by atoms with Gasteiger partial charge in [0, 0.05) is 29.3 Å². The molecule has 3 aromatic rings. The molecule has 24 heavy (non-hydrogen) atoms. The van der Waals surface area contributed by atoms with Crippen LogP contribution in [-0.2, 0) is 4.79 Å². The Labute approximate surface area is 140 Å². The normalized spacial score (nSPS) is 10.5. The molecule has 1 aromatic heterocycles. The van der Waals surface area contributed by atoms with Gasteiger partial charge in [0.1, 0.15) is 0 Å². The number of nitrogens with zero attached hydrogens (tertiary/aromatic N) is 1. The molecule has 0 spiro atoms. The lowest BCUT2D eigenvalue weighted by molar-refractivity contribution is -0.111. The van der Waals surface area contributed by atoms with Gasteiger partial charge in [0.25, 0.3) is 0 Å². The standard InChI is InChI=1S/C20H17N3O/c24-20(14-13-16-6-4-5-15-21-16)23-19-11-9-18(10-12-19)22-17-7-2-1-3-8-17/h1-15,22H,(H,23,24). The van der Waals surface area contributed by atoms with Crippen molar-refractivity contribution in [3.8, 4) is 0 Å². The summed E-state index contributed by atoms with van der Waals surface area (Å²) >= 11 is 0. The number of pyridine rings is 1. The number of hydrogen-bond donors (Lipinski definition) is 2. The number of benzene rings is 2. The summed E-state index contributed by atoms with van der Waals surface area (Å²) in [5.74, 6) is -0.190. The van der Waals surface area contributed by atoms with Gasteiger partial charge in [-0.25, -0.2) is 0 Å². The lowest BCUT2D eigenvalue weighted by Gasteiger charge is -2.07. The van der Waals surface area contributed by atoms with Gasteiger partial charge >= 0.3 is 0 Å². The second-order valence-corrected chi connectivity index (χ2v) is 5.15. The Balaban J connectivity index is 1.58. The van der Waals surface area contributed by atoms with E-state index in [1.807, 2.05) is 72.8 Å². The average molecular weight is 315 g/mol. The van der Waals surface area contributed by atoms with Crippen molar-refractivity contribution in [3.05, 3.63) is 90.8 Å². The zero-order valence-electron chi connectivity index (χ0n) is 13.0. The third-order valence-corrected chi connectivity index (χ3v) is 3.31. The fourth-order valence-corrected chi connectivity index (χ4v) is 2.14. The van der Waals surface area contributed by atoms with Crippen LogP contribution >= 0.6 is 0 Å². The van der Waals surface area contributed by atoms with Crippen molar-refractivity contribution in [1.29, 1.82) is 0 Å². The first-order valence-corrected chi connectivity index (χ1v) is 7.62. The highest BCUT2D eigenvalue weighted by Gasteiger charge is 1.99. The summed E-state index contributed by atoms with van der Waals surface area (Å²) in [7, 11) is 0. The molecule has 0 radical (unpaired) electrons. The third-order valence-electron chi connectivity index (χ3n) is 3.31. The molecule has 1 amide bonds. The Kier molecular flexibility index (Phi) is 5.00. The lowest BCUT2D eigenvalue weighted by Crippen LogP contribution is -2.07. The zero-order valence-corrected chi connectivity index (χ0v) is 13.0. The Hall–Kier alpha value is -3.40. The number of amides is 1. The molecule has 0 unspecified atom stereocenters. The first kappa shape index (κ1) is 15.5. The van der Waals surface area contributed by atoms with Crippen LogP contribution in [0.15, 0.2) is 85.1 Å². The van der Waals surface area contributed by atoms with Crippen LogP contribution in [0.3, 0.4) is 0 Å². The van der Waals surface area contributed by atoms with Crippen molar-refractivity contribution in [2.75, 3.05) is 10.6 Å². The quantitative estimate of drug-likeness (QED) is 0.683. The average Bonchev–Trinajstić information content (AvgIpc) is 2.63. The maximum atomic E-state index is 11.9. The van der Waals surface area contributed by atoms with Crippen LogP contribution in [0.4, 0.5) is 17.1 Å². The summed E-state index contributed by atoms with van der Waals surface area (Å²) < 4.78 is 0. The number of aromatic nitrogens is 1. The summed E-state index contributed by atoms with van der Waals surface area (Å²) in [4.78, 5) is 16.1. The van der Waals surface area contributed by atoms with Crippen molar-refractivity contribution < 1.29 is 4.79 Å². The topological polar surface area (TPSA) is 54.0 Å². The second kappa shape index (κ2) is 7.74. The molecule has 4 heteroatoms. The highest BCUT2D eigenvalue weighted by molar-refractivity contribution is 6.01. The number of nitrogens with one attached hydrogen (secondary N) is 2. The lowest BCUT2D eigenvalue weighted by atomic mass is 10.2. The van der Waals surface area contributed by atoms with Crippen molar-refractivity contribution in [3.63, 3.8) is 0 Å². The summed E-state index contributed by atoms with van der Waals surface area (Å²) in [6, 6.07) is 23.0. The van der Waals surface area contributed by atoms with Gasteiger partial charge in [0.15, 0.2) is 0 Å². The van der Waals surface area contributed by atoms with E-state index in [0.717, 1.165) is 22.8 Å². The molecular weight excluding hydrogens is 298 g/mol. The van der Waals surface area contributed by atoms with Gasteiger partial charge in [-0.2, -0.15) is 0 Å². The Morgan fingerprint density at radius 3 is 2.17 bits per heavy atom. The van der Waals surface area contributed by atoms with E-state index in [1.165, 1.54) is 6.08 Å².